The van der Waals surface area contributed by atoms with Crippen LogP contribution in [0.3, 0.4) is 0 Å². The number of para-hydroxylation sites is 1. The first-order valence-electron chi connectivity index (χ1n) is 7.80. The van der Waals surface area contributed by atoms with Gasteiger partial charge in [-0.3, -0.25) is 0 Å². The number of rotatable bonds is 3. The van der Waals surface area contributed by atoms with E-state index in [0.717, 1.165) is 5.52 Å². The molecule has 3 aromatic carbocycles. The van der Waals surface area contributed by atoms with E-state index >= 15 is 0 Å². The highest BCUT2D eigenvalue weighted by Gasteiger charge is 2.10. The Labute approximate surface area is 135 Å². The lowest BCUT2D eigenvalue weighted by Crippen LogP contribution is -1.87. The molecule has 0 aliphatic carbocycles. The topological polar surface area (TPSA) is 15.8 Å². The van der Waals surface area contributed by atoms with Crippen LogP contribution >= 0.6 is 0 Å². The Kier molecular flexibility index (Phi) is 3.53. The van der Waals surface area contributed by atoms with Gasteiger partial charge in [-0.25, -0.2) is 0 Å². The highest BCUT2D eigenvalue weighted by atomic mass is 14.7. The van der Waals surface area contributed by atoms with Gasteiger partial charge in [-0.05, 0) is 28.8 Å². The second kappa shape index (κ2) is 5.98. The van der Waals surface area contributed by atoms with Crippen LogP contribution in [-0.2, 0) is 0 Å². The number of aromatic nitrogens is 1. The average Bonchev–Trinajstić information content (AvgIpc) is 3.05. The van der Waals surface area contributed by atoms with Crippen molar-refractivity contribution in [3.8, 4) is 0 Å². The fraction of sp³-hybridized carbons (Fsp3) is 0. The van der Waals surface area contributed by atoms with E-state index in [1.165, 1.54) is 27.6 Å². The maximum absolute atomic E-state index is 3.38. The van der Waals surface area contributed by atoms with Crippen molar-refractivity contribution in [2.24, 2.45) is 0 Å². The predicted octanol–water partition coefficient (Wildman–Crippen LogP) is 5.76. The van der Waals surface area contributed by atoms with E-state index in [0.29, 0.717) is 0 Å². The van der Waals surface area contributed by atoms with Crippen molar-refractivity contribution in [2.75, 3.05) is 0 Å². The highest BCUT2D eigenvalue weighted by Crippen LogP contribution is 2.31. The van der Waals surface area contributed by atoms with Crippen molar-refractivity contribution in [3.63, 3.8) is 0 Å². The summed E-state index contributed by atoms with van der Waals surface area (Å²) in [5, 5.41) is 1.25. The van der Waals surface area contributed by atoms with Crippen LogP contribution in [0, 0.1) is 0 Å². The summed E-state index contributed by atoms with van der Waals surface area (Å²) in [6, 6.07) is 29.5. The molecule has 1 nitrogen and oxygen atoms in total. The average molecular weight is 295 g/mol. The van der Waals surface area contributed by atoms with Gasteiger partial charge in [-0.15, -0.1) is 0 Å². The van der Waals surface area contributed by atoms with Crippen molar-refractivity contribution in [1.82, 2.24) is 4.98 Å². The Morgan fingerprint density at radius 1 is 0.696 bits per heavy atom. The van der Waals surface area contributed by atoms with E-state index in [-0.39, 0.29) is 0 Å². The van der Waals surface area contributed by atoms with Crippen LogP contribution < -0.4 is 0 Å². The van der Waals surface area contributed by atoms with Gasteiger partial charge < -0.3 is 4.98 Å². The molecule has 1 N–H and O–H groups in total. The van der Waals surface area contributed by atoms with Crippen LogP contribution in [0.2, 0.25) is 0 Å². The molecule has 0 saturated heterocycles. The van der Waals surface area contributed by atoms with E-state index in [4.69, 9.17) is 0 Å². The third-order valence-corrected chi connectivity index (χ3v) is 4.07. The largest absolute Gasteiger partial charge is 0.361 e. The molecule has 4 rings (SSSR count). The summed E-state index contributed by atoms with van der Waals surface area (Å²) < 4.78 is 0. The lowest BCUT2D eigenvalue weighted by molar-refractivity contribution is 1.46. The van der Waals surface area contributed by atoms with Crippen LogP contribution in [0.1, 0.15) is 16.7 Å². The molecule has 0 spiro atoms. The van der Waals surface area contributed by atoms with E-state index < -0.39 is 0 Å². The number of benzene rings is 3. The molecule has 0 aliphatic heterocycles. The first-order chi connectivity index (χ1) is 11.4. The Morgan fingerprint density at radius 3 is 2.13 bits per heavy atom. The molecule has 0 fully saturated rings. The molecule has 0 radical (unpaired) electrons. The highest BCUT2D eigenvalue weighted by molar-refractivity contribution is 6.01. The van der Waals surface area contributed by atoms with Crippen LogP contribution in [0.15, 0.2) is 91.1 Å². The molecule has 1 heterocycles. The van der Waals surface area contributed by atoms with E-state index in [2.05, 4.69) is 96.1 Å². The van der Waals surface area contributed by atoms with Gasteiger partial charge in [0.15, 0.2) is 0 Å². The third-order valence-electron chi connectivity index (χ3n) is 4.07. The molecule has 4 aromatic rings. The maximum atomic E-state index is 3.38. The van der Waals surface area contributed by atoms with E-state index in [1.807, 2.05) is 6.07 Å². The van der Waals surface area contributed by atoms with Crippen LogP contribution in [0.4, 0.5) is 0 Å². The van der Waals surface area contributed by atoms with Gasteiger partial charge in [0.05, 0.1) is 0 Å². The predicted molar refractivity (Wildman–Crippen MR) is 98.2 cm³/mol. The number of fused-ring (bicyclic) bond motifs is 1. The number of H-pyrrole nitrogens is 1. The first kappa shape index (κ1) is 13.6. The van der Waals surface area contributed by atoms with Crippen molar-refractivity contribution >= 4 is 22.6 Å². The van der Waals surface area contributed by atoms with Crippen LogP contribution in [0.5, 0.6) is 0 Å². The number of aromatic amines is 1. The summed E-state index contributed by atoms with van der Waals surface area (Å²) in [6.07, 6.45) is 4.36. The summed E-state index contributed by atoms with van der Waals surface area (Å²) in [4.78, 5) is 3.38. The lowest BCUT2D eigenvalue weighted by Gasteiger charge is -2.08. The lowest BCUT2D eigenvalue weighted by atomic mass is 9.95. The molecule has 0 saturated carbocycles. The Morgan fingerprint density at radius 2 is 1.35 bits per heavy atom. The summed E-state index contributed by atoms with van der Waals surface area (Å²) in [6.45, 7) is 0. The van der Waals surface area contributed by atoms with Crippen LogP contribution in [-0.4, -0.2) is 4.98 Å². The molecular formula is C22H17N. The third kappa shape index (κ3) is 2.69. The molecule has 1 heteroatoms. The monoisotopic (exact) mass is 295 g/mol. The molecular weight excluding hydrogens is 278 g/mol. The van der Waals surface area contributed by atoms with Gasteiger partial charge in [0.1, 0.15) is 0 Å². The van der Waals surface area contributed by atoms with Gasteiger partial charge in [0, 0.05) is 22.7 Å². The zero-order chi connectivity index (χ0) is 15.5. The Balaban J connectivity index is 1.94. The summed E-state index contributed by atoms with van der Waals surface area (Å²) in [5.41, 5.74) is 6.06. The van der Waals surface area contributed by atoms with Crippen molar-refractivity contribution in [1.29, 1.82) is 0 Å². The fourth-order valence-corrected chi connectivity index (χ4v) is 2.94. The van der Waals surface area contributed by atoms with Crippen molar-refractivity contribution in [3.05, 3.63) is 108 Å². The minimum Gasteiger partial charge on any atom is -0.361 e. The van der Waals surface area contributed by atoms with Gasteiger partial charge in [-0.1, -0.05) is 78.9 Å². The molecule has 0 atom stereocenters. The minimum absolute atomic E-state index is 1.16. The first-order valence-corrected chi connectivity index (χ1v) is 7.80. The molecule has 23 heavy (non-hydrogen) atoms. The fourth-order valence-electron chi connectivity index (χ4n) is 2.94. The smallest absolute Gasteiger partial charge is 0.0460 e. The van der Waals surface area contributed by atoms with Crippen molar-refractivity contribution < 1.29 is 0 Å². The second-order valence-corrected chi connectivity index (χ2v) is 5.58. The van der Waals surface area contributed by atoms with Crippen molar-refractivity contribution in [2.45, 2.75) is 0 Å². The molecule has 0 amide bonds. The number of hydrogen-bond acceptors (Lipinski definition) is 0. The quantitative estimate of drug-likeness (QED) is 0.463. The Bertz CT molecular complexity index is 947. The van der Waals surface area contributed by atoms with Gasteiger partial charge in [0.2, 0.25) is 0 Å². The van der Waals surface area contributed by atoms with E-state index in [1.54, 1.807) is 0 Å². The van der Waals surface area contributed by atoms with Gasteiger partial charge >= 0.3 is 0 Å². The van der Waals surface area contributed by atoms with Gasteiger partial charge in [0.25, 0.3) is 0 Å². The SMILES string of the molecule is C(=C(/c1ccccc1)c1c[nH]c2ccccc12)/c1ccccc1. The molecule has 1 aromatic heterocycles. The second-order valence-electron chi connectivity index (χ2n) is 5.58. The van der Waals surface area contributed by atoms with Gasteiger partial charge in [-0.2, -0.15) is 0 Å². The molecule has 110 valence electrons. The minimum atomic E-state index is 1.16. The van der Waals surface area contributed by atoms with Crippen LogP contribution in [0.25, 0.3) is 22.6 Å². The Hall–Kier alpha value is -3.06. The number of nitrogens with one attached hydrogen (secondary N) is 1. The zero-order valence-corrected chi connectivity index (χ0v) is 12.7. The number of hydrogen-bond donors (Lipinski definition) is 1. The summed E-state index contributed by atoms with van der Waals surface area (Å²) in [7, 11) is 0. The normalized spacial score (nSPS) is 11.7. The molecule has 0 bridgehead atoms. The zero-order valence-electron chi connectivity index (χ0n) is 12.7. The molecule has 0 unspecified atom stereocenters. The molecule has 0 aliphatic rings. The van der Waals surface area contributed by atoms with E-state index in [9.17, 15) is 0 Å². The standard InChI is InChI=1S/C22H17N/c1-3-9-17(10-4-1)15-20(18-11-5-2-6-12-18)21-16-23-22-14-8-7-13-19(21)22/h1-16,23H/b20-15+. The summed E-state index contributed by atoms with van der Waals surface area (Å²) >= 11 is 0. The summed E-state index contributed by atoms with van der Waals surface area (Å²) in [5.74, 6) is 0. The maximum Gasteiger partial charge on any atom is 0.0460 e.